The van der Waals surface area contributed by atoms with Gasteiger partial charge in [-0.15, -0.1) is 11.3 Å². The van der Waals surface area contributed by atoms with Gasteiger partial charge < -0.3 is 14.8 Å². The van der Waals surface area contributed by atoms with Crippen molar-refractivity contribution in [3.63, 3.8) is 0 Å². The van der Waals surface area contributed by atoms with Crippen LogP contribution in [0.5, 0.6) is 11.5 Å². The molecule has 4 nitrogen and oxygen atoms in total. The largest absolute Gasteiger partial charge is 0.489 e. The Bertz CT molecular complexity index is 827. The van der Waals surface area contributed by atoms with E-state index in [1.54, 1.807) is 11.3 Å². The lowest BCUT2D eigenvalue weighted by Crippen LogP contribution is -2.26. The molecule has 0 spiro atoms. The maximum absolute atomic E-state index is 5.89. The number of nitrogens with zero attached hydrogens (tertiary/aromatic N) is 1. The van der Waals surface area contributed by atoms with Crippen molar-refractivity contribution in [1.82, 2.24) is 10.3 Å². The van der Waals surface area contributed by atoms with Gasteiger partial charge in [0.15, 0.2) is 0 Å². The summed E-state index contributed by atoms with van der Waals surface area (Å²) >= 11 is 1.76. The first kappa shape index (κ1) is 18.0. The first-order chi connectivity index (χ1) is 13.4. The maximum Gasteiger partial charge on any atom is 0.131 e. The highest BCUT2D eigenvalue weighted by molar-refractivity contribution is 7.09. The van der Waals surface area contributed by atoms with Crippen molar-refractivity contribution < 1.29 is 9.47 Å². The summed E-state index contributed by atoms with van der Waals surface area (Å²) in [5.74, 6) is 2.28. The fraction of sp³-hybridized carbons (Fsp3) is 0.318. The van der Waals surface area contributed by atoms with E-state index in [1.807, 2.05) is 42.5 Å². The summed E-state index contributed by atoms with van der Waals surface area (Å²) in [5.41, 5.74) is 2.17. The third kappa shape index (κ3) is 5.08. The van der Waals surface area contributed by atoms with Crippen molar-refractivity contribution in [1.29, 1.82) is 0 Å². The van der Waals surface area contributed by atoms with Gasteiger partial charge in [0.05, 0.1) is 10.7 Å². The van der Waals surface area contributed by atoms with Gasteiger partial charge in [-0.1, -0.05) is 30.3 Å². The average Bonchev–Trinajstić information content (AvgIpc) is 3.22. The van der Waals surface area contributed by atoms with Crippen LogP contribution in [0.4, 0.5) is 0 Å². The number of nitrogens with one attached hydrogen (secondary N) is 1. The Morgan fingerprint density at radius 3 is 2.26 bits per heavy atom. The lowest BCUT2D eigenvalue weighted by Gasteiger charge is -2.20. The van der Waals surface area contributed by atoms with E-state index in [1.165, 1.54) is 17.8 Å². The molecular weight excluding hydrogens is 356 g/mol. The second kappa shape index (κ2) is 9.02. The maximum atomic E-state index is 5.89. The summed E-state index contributed by atoms with van der Waals surface area (Å²) in [4.78, 5) is 4.77. The Hall–Kier alpha value is -2.37. The molecule has 0 amide bonds. The molecule has 0 atom stereocenters. The Morgan fingerprint density at radius 1 is 0.889 bits per heavy atom. The standard InChI is InChI=1S/C22H24N2O2S/c1-2-4-17(5-3-1)14-25-20-6-8-21(9-7-20)26-15-19-16-27-22(24-19)18-10-12-23-13-11-18/h1-9,16,18,23H,10-15H2. The molecule has 1 saturated heterocycles. The van der Waals surface area contributed by atoms with Crippen LogP contribution >= 0.6 is 11.3 Å². The molecule has 2 heterocycles. The Labute approximate surface area is 164 Å². The Morgan fingerprint density at radius 2 is 1.56 bits per heavy atom. The number of hydrogen-bond donors (Lipinski definition) is 1. The van der Waals surface area contributed by atoms with Gasteiger partial charge in [-0.2, -0.15) is 0 Å². The normalized spacial score (nSPS) is 14.8. The molecule has 1 aromatic heterocycles. The average molecular weight is 381 g/mol. The number of thiazole rings is 1. The first-order valence-corrected chi connectivity index (χ1v) is 10.3. The predicted octanol–water partition coefficient (Wildman–Crippen LogP) is 4.77. The SMILES string of the molecule is c1ccc(COc2ccc(OCc3csc(C4CCNCC4)n3)cc2)cc1. The monoisotopic (exact) mass is 380 g/mol. The third-order valence-corrected chi connectivity index (χ3v) is 5.77. The number of ether oxygens (including phenoxy) is 2. The first-order valence-electron chi connectivity index (χ1n) is 9.41. The van der Waals surface area contributed by atoms with Gasteiger partial charge in [-0.3, -0.25) is 0 Å². The summed E-state index contributed by atoms with van der Waals surface area (Å²) in [6.45, 7) is 3.26. The highest BCUT2D eigenvalue weighted by Crippen LogP contribution is 2.28. The van der Waals surface area contributed by atoms with Crippen molar-refractivity contribution in [2.75, 3.05) is 13.1 Å². The molecule has 0 unspecified atom stereocenters. The molecule has 5 heteroatoms. The van der Waals surface area contributed by atoms with Crippen molar-refractivity contribution in [2.24, 2.45) is 0 Å². The van der Waals surface area contributed by atoms with Crippen LogP contribution in [0, 0.1) is 0 Å². The van der Waals surface area contributed by atoms with Gasteiger partial charge in [0.25, 0.3) is 0 Å². The van der Waals surface area contributed by atoms with Crippen LogP contribution < -0.4 is 14.8 Å². The topological polar surface area (TPSA) is 43.4 Å². The molecule has 4 rings (SSSR count). The molecule has 3 aromatic rings. The Balaban J connectivity index is 1.27. The predicted molar refractivity (Wildman–Crippen MR) is 109 cm³/mol. The summed E-state index contributed by atoms with van der Waals surface area (Å²) in [6.07, 6.45) is 2.36. The summed E-state index contributed by atoms with van der Waals surface area (Å²) in [5, 5.41) is 6.77. The molecule has 1 fully saturated rings. The second-order valence-electron chi connectivity index (χ2n) is 6.74. The highest BCUT2D eigenvalue weighted by atomic mass is 32.1. The van der Waals surface area contributed by atoms with E-state index in [0.717, 1.165) is 35.8 Å². The van der Waals surface area contributed by atoms with E-state index >= 15 is 0 Å². The molecule has 0 bridgehead atoms. The van der Waals surface area contributed by atoms with Crippen LogP contribution in [-0.4, -0.2) is 18.1 Å². The van der Waals surface area contributed by atoms with Crippen molar-refractivity contribution in [3.8, 4) is 11.5 Å². The molecule has 0 radical (unpaired) electrons. The molecule has 0 aliphatic carbocycles. The van der Waals surface area contributed by atoms with Gasteiger partial charge in [0.2, 0.25) is 0 Å². The van der Waals surface area contributed by atoms with Crippen LogP contribution in [0.3, 0.4) is 0 Å². The zero-order chi connectivity index (χ0) is 18.3. The van der Waals surface area contributed by atoms with Crippen LogP contribution in [0.1, 0.15) is 35.0 Å². The number of piperidine rings is 1. The quantitative estimate of drug-likeness (QED) is 0.641. The molecule has 1 aliphatic heterocycles. The number of aromatic nitrogens is 1. The van der Waals surface area contributed by atoms with Gasteiger partial charge >= 0.3 is 0 Å². The van der Waals surface area contributed by atoms with E-state index in [4.69, 9.17) is 14.5 Å². The summed E-state index contributed by atoms with van der Waals surface area (Å²) in [6, 6.07) is 17.9. The van der Waals surface area contributed by atoms with Crippen LogP contribution in [-0.2, 0) is 13.2 Å². The van der Waals surface area contributed by atoms with Gasteiger partial charge in [0.1, 0.15) is 24.7 Å². The Kier molecular flexibility index (Phi) is 6.02. The van der Waals surface area contributed by atoms with Crippen molar-refractivity contribution in [3.05, 3.63) is 76.2 Å². The second-order valence-corrected chi connectivity index (χ2v) is 7.63. The van der Waals surface area contributed by atoms with Crippen LogP contribution in [0.25, 0.3) is 0 Å². The lowest BCUT2D eigenvalue weighted by molar-refractivity contribution is 0.294. The number of rotatable bonds is 7. The van der Waals surface area contributed by atoms with Crippen molar-refractivity contribution in [2.45, 2.75) is 32.0 Å². The fourth-order valence-corrected chi connectivity index (χ4v) is 4.15. The molecule has 27 heavy (non-hydrogen) atoms. The van der Waals surface area contributed by atoms with E-state index in [9.17, 15) is 0 Å². The fourth-order valence-electron chi connectivity index (χ4n) is 3.18. The number of hydrogen-bond acceptors (Lipinski definition) is 5. The van der Waals surface area contributed by atoms with Gasteiger partial charge in [-0.05, 0) is 55.8 Å². The minimum Gasteiger partial charge on any atom is -0.489 e. The smallest absolute Gasteiger partial charge is 0.131 e. The van der Waals surface area contributed by atoms with E-state index in [0.29, 0.717) is 19.1 Å². The van der Waals surface area contributed by atoms with Crippen molar-refractivity contribution >= 4 is 11.3 Å². The van der Waals surface area contributed by atoms with Crippen LogP contribution in [0.2, 0.25) is 0 Å². The molecular formula is C22H24N2O2S. The minimum absolute atomic E-state index is 0.506. The summed E-state index contributed by atoms with van der Waals surface area (Å²) in [7, 11) is 0. The molecule has 0 saturated carbocycles. The molecule has 2 aromatic carbocycles. The van der Waals surface area contributed by atoms with Crippen LogP contribution in [0.15, 0.2) is 60.0 Å². The van der Waals surface area contributed by atoms with E-state index in [2.05, 4.69) is 22.8 Å². The van der Waals surface area contributed by atoms with E-state index < -0.39 is 0 Å². The molecule has 1 aliphatic rings. The zero-order valence-electron chi connectivity index (χ0n) is 15.3. The van der Waals surface area contributed by atoms with Gasteiger partial charge in [-0.25, -0.2) is 4.98 Å². The van der Waals surface area contributed by atoms with E-state index in [-0.39, 0.29) is 0 Å². The zero-order valence-corrected chi connectivity index (χ0v) is 16.1. The van der Waals surface area contributed by atoms with Gasteiger partial charge in [0, 0.05) is 11.3 Å². The summed E-state index contributed by atoms with van der Waals surface area (Å²) < 4.78 is 11.7. The third-order valence-electron chi connectivity index (χ3n) is 4.72. The minimum atomic E-state index is 0.506. The number of benzene rings is 2. The molecule has 1 N–H and O–H groups in total. The lowest BCUT2D eigenvalue weighted by atomic mass is 9.99. The molecule has 140 valence electrons. The highest BCUT2D eigenvalue weighted by Gasteiger charge is 2.18.